The van der Waals surface area contributed by atoms with Crippen molar-refractivity contribution in [1.82, 2.24) is 10.6 Å². The highest BCUT2D eigenvalue weighted by Gasteiger charge is 2.13. The van der Waals surface area contributed by atoms with E-state index >= 15 is 0 Å². The average Bonchev–Trinajstić information content (AvgIpc) is 2.58. The summed E-state index contributed by atoms with van der Waals surface area (Å²) in [6.07, 6.45) is 0.294. The number of hydrogen-bond acceptors (Lipinski definition) is 3. The molecule has 1 aromatic heterocycles. The minimum absolute atomic E-state index is 0.0571. The van der Waals surface area contributed by atoms with Gasteiger partial charge in [-0.15, -0.1) is 11.3 Å². The summed E-state index contributed by atoms with van der Waals surface area (Å²) in [4.78, 5) is 22.9. The number of nitrogens with one attached hydrogen (secondary N) is 2. The van der Waals surface area contributed by atoms with E-state index < -0.39 is 0 Å². The fourth-order valence-electron chi connectivity index (χ4n) is 1.17. The molecule has 0 fully saturated rings. The van der Waals surface area contributed by atoms with Crippen molar-refractivity contribution in [2.24, 2.45) is 0 Å². The van der Waals surface area contributed by atoms with Crippen LogP contribution in [0.2, 0.25) is 0 Å². The van der Waals surface area contributed by atoms with Gasteiger partial charge >= 0.3 is 0 Å². The third-order valence-corrected chi connectivity index (χ3v) is 4.25. The predicted molar refractivity (Wildman–Crippen MR) is 75.4 cm³/mol. The van der Waals surface area contributed by atoms with Crippen molar-refractivity contribution in [3.63, 3.8) is 0 Å². The van der Waals surface area contributed by atoms with Crippen molar-refractivity contribution in [3.05, 3.63) is 19.2 Å². The van der Waals surface area contributed by atoms with Crippen molar-refractivity contribution < 1.29 is 9.59 Å². The predicted octanol–water partition coefficient (Wildman–Crippen LogP) is 2.53. The van der Waals surface area contributed by atoms with Gasteiger partial charge in [-0.3, -0.25) is 9.59 Å². The first-order valence-corrected chi connectivity index (χ1v) is 7.44. The third kappa shape index (κ3) is 4.77. The van der Waals surface area contributed by atoms with Crippen LogP contribution in [0.4, 0.5) is 0 Å². The van der Waals surface area contributed by atoms with Gasteiger partial charge in [0.05, 0.1) is 13.1 Å². The number of hydrogen-bond donors (Lipinski definition) is 2. The summed E-state index contributed by atoms with van der Waals surface area (Å²) < 4.78 is 1.66. The van der Waals surface area contributed by atoms with Crippen LogP contribution in [0.5, 0.6) is 0 Å². The maximum absolute atomic E-state index is 11.7. The number of carbonyl (C=O) groups is 2. The first-order valence-electron chi connectivity index (χ1n) is 5.04. The molecule has 4 nitrogen and oxygen atoms in total. The Balaban J connectivity index is 2.40. The Bertz CT molecular complexity index is 420. The molecule has 1 heterocycles. The molecule has 1 rings (SSSR count). The van der Waals surface area contributed by atoms with E-state index in [4.69, 9.17) is 0 Å². The van der Waals surface area contributed by atoms with Gasteiger partial charge in [0.25, 0.3) is 5.91 Å². The molecule has 0 bridgehead atoms. The fourth-order valence-corrected chi connectivity index (χ4v) is 3.96. The molecule has 0 aromatic carbocycles. The average molecular weight is 384 g/mol. The van der Waals surface area contributed by atoms with E-state index in [2.05, 4.69) is 42.5 Å². The third-order valence-electron chi connectivity index (χ3n) is 1.91. The second-order valence-corrected chi connectivity index (χ2v) is 6.95. The van der Waals surface area contributed by atoms with Gasteiger partial charge in [-0.2, -0.15) is 0 Å². The first kappa shape index (κ1) is 14.7. The summed E-state index contributed by atoms with van der Waals surface area (Å²) >= 11 is 8.06. The second-order valence-electron chi connectivity index (χ2n) is 3.20. The van der Waals surface area contributed by atoms with E-state index in [-0.39, 0.29) is 11.8 Å². The standard InChI is InChI=1S/C10H12Br2N2O2S/c1-2-13-8(15)3-4-14-10(16)6-5-7(11)17-9(6)12/h5H,2-4H2,1H3,(H,13,15)(H,14,16). The lowest BCUT2D eigenvalue weighted by Gasteiger charge is -2.04. The van der Waals surface area contributed by atoms with Gasteiger partial charge in [0.2, 0.25) is 5.91 Å². The summed E-state index contributed by atoms with van der Waals surface area (Å²) in [5, 5.41) is 5.37. The van der Waals surface area contributed by atoms with Crippen LogP contribution in [-0.2, 0) is 4.79 Å². The van der Waals surface area contributed by atoms with Crippen LogP contribution in [0.1, 0.15) is 23.7 Å². The molecule has 0 radical (unpaired) electrons. The molecule has 1 aromatic rings. The molecular weight excluding hydrogens is 372 g/mol. The Morgan fingerprint density at radius 2 is 2.06 bits per heavy atom. The second kappa shape index (κ2) is 7.13. The van der Waals surface area contributed by atoms with E-state index in [9.17, 15) is 9.59 Å². The Kier molecular flexibility index (Phi) is 6.15. The number of halogens is 2. The monoisotopic (exact) mass is 382 g/mol. The molecule has 0 aliphatic heterocycles. The SMILES string of the molecule is CCNC(=O)CCNC(=O)c1cc(Br)sc1Br. The number of carbonyl (C=O) groups excluding carboxylic acids is 2. The normalized spacial score (nSPS) is 10.1. The quantitative estimate of drug-likeness (QED) is 0.820. The van der Waals surface area contributed by atoms with E-state index in [1.165, 1.54) is 11.3 Å². The minimum atomic E-state index is -0.178. The lowest BCUT2D eigenvalue weighted by atomic mass is 10.3. The molecule has 17 heavy (non-hydrogen) atoms. The van der Waals surface area contributed by atoms with Crippen molar-refractivity contribution in [2.45, 2.75) is 13.3 Å². The Labute approximate surface area is 120 Å². The topological polar surface area (TPSA) is 58.2 Å². The van der Waals surface area contributed by atoms with Gasteiger partial charge in [0.1, 0.15) is 0 Å². The Hall–Kier alpha value is -0.400. The van der Waals surface area contributed by atoms with Crippen LogP contribution in [0, 0.1) is 0 Å². The van der Waals surface area contributed by atoms with Crippen molar-refractivity contribution in [2.75, 3.05) is 13.1 Å². The van der Waals surface area contributed by atoms with Gasteiger partial charge in [-0.1, -0.05) is 0 Å². The van der Waals surface area contributed by atoms with Gasteiger partial charge in [0, 0.05) is 19.5 Å². The van der Waals surface area contributed by atoms with Crippen LogP contribution in [0.25, 0.3) is 0 Å². The molecule has 2 N–H and O–H groups in total. The molecule has 0 aliphatic rings. The van der Waals surface area contributed by atoms with Crippen molar-refractivity contribution in [3.8, 4) is 0 Å². The summed E-state index contributed by atoms with van der Waals surface area (Å²) in [7, 11) is 0. The highest BCUT2D eigenvalue weighted by molar-refractivity contribution is 9.12. The maximum Gasteiger partial charge on any atom is 0.253 e. The van der Waals surface area contributed by atoms with Gasteiger partial charge < -0.3 is 10.6 Å². The summed E-state index contributed by atoms with van der Waals surface area (Å²) in [5.74, 6) is -0.235. The number of rotatable bonds is 5. The zero-order valence-corrected chi connectivity index (χ0v) is 13.2. The highest BCUT2D eigenvalue weighted by Crippen LogP contribution is 2.31. The lowest BCUT2D eigenvalue weighted by molar-refractivity contribution is -0.120. The molecule has 94 valence electrons. The molecular formula is C10H12Br2N2O2S. The van der Waals surface area contributed by atoms with Crippen molar-refractivity contribution >= 4 is 55.0 Å². The molecule has 7 heteroatoms. The fraction of sp³-hybridized carbons (Fsp3) is 0.400. The summed E-state index contributed by atoms with van der Waals surface area (Å²) in [6, 6.07) is 1.75. The van der Waals surface area contributed by atoms with Crippen LogP contribution in [0.3, 0.4) is 0 Å². The van der Waals surface area contributed by atoms with E-state index in [1.807, 2.05) is 6.92 Å². The van der Waals surface area contributed by atoms with Gasteiger partial charge in [-0.25, -0.2) is 0 Å². The largest absolute Gasteiger partial charge is 0.356 e. The van der Waals surface area contributed by atoms with Gasteiger partial charge in [0.15, 0.2) is 0 Å². The molecule has 0 aliphatic carbocycles. The Morgan fingerprint density at radius 3 is 2.59 bits per heavy atom. The van der Waals surface area contributed by atoms with E-state index in [1.54, 1.807) is 6.07 Å². The highest BCUT2D eigenvalue weighted by atomic mass is 79.9. The summed E-state index contributed by atoms with van der Waals surface area (Å²) in [5.41, 5.74) is 0.581. The van der Waals surface area contributed by atoms with Crippen LogP contribution in [0.15, 0.2) is 13.6 Å². The molecule has 0 saturated carbocycles. The van der Waals surface area contributed by atoms with E-state index in [0.29, 0.717) is 25.1 Å². The molecule has 0 unspecified atom stereocenters. The summed E-state index contributed by atoms with van der Waals surface area (Å²) in [6.45, 7) is 2.80. The first-order chi connectivity index (χ1) is 8.04. The van der Waals surface area contributed by atoms with Gasteiger partial charge in [-0.05, 0) is 44.8 Å². The maximum atomic E-state index is 11.7. The zero-order valence-electron chi connectivity index (χ0n) is 9.18. The molecule has 0 atom stereocenters. The number of thiophene rings is 1. The smallest absolute Gasteiger partial charge is 0.253 e. The van der Waals surface area contributed by atoms with Crippen molar-refractivity contribution in [1.29, 1.82) is 0 Å². The Morgan fingerprint density at radius 1 is 1.35 bits per heavy atom. The molecule has 0 spiro atoms. The zero-order chi connectivity index (χ0) is 12.8. The van der Waals surface area contributed by atoms with Crippen LogP contribution in [-0.4, -0.2) is 24.9 Å². The number of amides is 2. The lowest BCUT2D eigenvalue weighted by Crippen LogP contribution is -2.30. The minimum Gasteiger partial charge on any atom is -0.356 e. The molecule has 2 amide bonds. The molecule has 0 saturated heterocycles. The van der Waals surface area contributed by atoms with E-state index in [0.717, 1.165) is 7.57 Å². The van der Waals surface area contributed by atoms with Crippen LogP contribution < -0.4 is 10.6 Å². The van der Waals surface area contributed by atoms with Crippen LogP contribution >= 0.6 is 43.2 Å².